The zero-order chi connectivity index (χ0) is 27.2. The van der Waals surface area contributed by atoms with Gasteiger partial charge in [-0.05, 0) is 21.9 Å². The summed E-state index contributed by atoms with van der Waals surface area (Å²) in [6.45, 7) is 0.420. The Morgan fingerprint density at radius 1 is 1.18 bits per heavy atom. The molecule has 3 aromatic rings. The van der Waals surface area contributed by atoms with E-state index in [9.17, 15) is 19.5 Å². The van der Waals surface area contributed by atoms with Crippen LogP contribution < -0.4 is 5.32 Å². The molecular weight excluding hydrogens is 561 g/mol. The molecule has 2 amide bonds. The molecule has 1 aromatic heterocycles. The molecule has 39 heavy (non-hydrogen) atoms. The molecule has 3 atom stereocenters. The summed E-state index contributed by atoms with van der Waals surface area (Å²) in [5, 5.41) is 25.6. The van der Waals surface area contributed by atoms with Crippen LogP contribution in [0.1, 0.15) is 16.4 Å². The molecule has 1 fully saturated rings. The number of β-lactam (4-membered cyclic amide) rings is 1. The average Bonchev–Trinajstić information content (AvgIpc) is 3.49. The number of ether oxygens (including phenoxy) is 1. The van der Waals surface area contributed by atoms with Gasteiger partial charge in [0.1, 0.15) is 22.4 Å². The normalized spacial score (nSPS) is 19.3. The quantitative estimate of drug-likeness (QED) is 0.125. The summed E-state index contributed by atoms with van der Waals surface area (Å²) in [7, 11) is 0. The Bertz CT molecular complexity index is 1340. The van der Waals surface area contributed by atoms with Gasteiger partial charge >= 0.3 is 5.97 Å². The molecule has 5 rings (SSSR count). The van der Waals surface area contributed by atoms with Gasteiger partial charge in [0.15, 0.2) is 0 Å². The van der Waals surface area contributed by atoms with Gasteiger partial charge in [-0.25, -0.2) is 4.79 Å². The Hall–Kier alpha value is -3.33. The molecule has 0 bridgehead atoms. The van der Waals surface area contributed by atoms with Crippen molar-refractivity contribution in [3.63, 3.8) is 0 Å². The van der Waals surface area contributed by atoms with E-state index in [2.05, 4.69) is 25.9 Å². The zero-order valence-electron chi connectivity index (χ0n) is 20.4. The molecule has 14 heteroatoms. The number of thioether (sulfide) groups is 3. The average molecular weight is 585 g/mol. The van der Waals surface area contributed by atoms with Crippen molar-refractivity contribution in [1.82, 2.24) is 30.8 Å². The van der Waals surface area contributed by atoms with Gasteiger partial charge in [-0.3, -0.25) is 14.5 Å². The predicted molar refractivity (Wildman–Crippen MR) is 147 cm³/mol. The summed E-state index contributed by atoms with van der Waals surface area (Å²) < 4.78 is 5.79. The summed E-state index contributed by atoms with van der Waals surface area (Å²) in [5.74, 6) is -0.979. The molecule has 2 aromatic carbocycles. The molecule has 11 nitrogen and oxygen atoms in total. The molecule has 2 aliphatic rings. The number of aliphatic carboxylic acids is 1. The molecule has 0 saturated carbocycles. The van der Waals surface area contributed by atoms with E-state index in [-0.39, 0.29) is 17.5 Å². The Morgan fingerprint density at radius 2 is 1.92 bits per heavy atom. The number of benzene rings is 2. The Labute approximate surface area is 236 Å². The molecule has 3 N–H and O–H groups in total. The van der Waals surface area contributed by atoms with Gasteiger partial charge in [0.25, 0.3) is 5.91 Å². The maximum absolute atomic E-state index is 13.4. The number of nitrogens with zero attached hydrogens (tertiary/aromatic N) is 4. The van der Waals surface area contributed by atoms with Crippen molar-refractivity contribution < 1.29 is 24.2 Å². The monoisotopic (exact) mass is 584 g/mol. The van der Waals surface area contributed by atoms with E-state index < -0.39 is 28.5 Å². The van der Waals surface area contributed by atoms with Crippen LogP contribution >= 0.6 is 35.3 Å². The summed E-state index contributed by atoms with van der Waals surface area (Å²) in [6.07, 6.45) is 0. The van der Waals surface area contributed by atoms with Crippen LogP contribution in [0.4, 0.5) is 0 Å². The fourth-order valence-corrected chi connectivity index (χ4v) is 7.30. The van der Waals surface area contributed by atoms with Crippen molar-refractivity contribution in [3.8, 4) is 0 Å². The molecule has 0 aliphatic carbocycles. The highest BCUT2D eigenvalue weighted by molar-refractivity contribution is 8.01. The second-order valence-electron chi connectivity index (χ2n) is 8.55. The lowest BCUT2D eigenvalue weighted by Crippen LogP contribution is -2.70. The lowest BCUT2D eigenvalue weighted by molar-refractivity contribution is -0.150. The number of rotatable bonds is 12. The largest absolute Gasteiger partial charge is 0.477 e. The molecule has 2 unspecified atom stereocenters. The summed E-state index contributed by atoms with van der Waals surface area (Å²) >= 11 is 3.98. The molecule has 0 spiro atoms. The van der Waals surface area contributed by atoms with Crippen molar-refractivity contribution >= 4 is 53.1 Å². The number of aromatic amines is 1. The number of carboxylic acid groups (broad SMARTS) is 1. The van der Waals surface area contributed by atoms with Gasteiger partial charge in [0, 0.05) is 11.5 Å². The van der Waals surface area contributed by atoms with Gasteiger partial charge < -0.3 is 15.2 Å². The summed E-state index contributed by atoms with van der Waals surface area (Å²) in [4.78, 5) is 39.9. The van der Waals surface area contributed by atoms with Crippen LogP contribution in [0.5, 0.6) is 0 Å². The number of nitrogens with one attached hydrogen (secondary N) is 2. The van der Waals surface area contributed by atoms with E-state index in [1.54, 1.807) is 0 Å². The molecule has 1 saturated heterocycles. The molecule has 2 aliphatic heterocycles. The van der Waals surface area contributed by atoms with E-state index >= 15 is 0 Å². The van der Waals surface area contributed by atoms with Crippen LogP contribution in [-0.4, -0.2) is 77.3 Å². The lowest BCUT2D eigenvalue weighted by atomic mass is 10.0. The van der Waals surface area contributed by atoms with Gasteiger partial charge in [-0.2, -0.15) is 5.21 Å². The second kappa shape index (κ2) is 12.7. The van der Waals surface area contributed by atoms with Crippen molar-refractivity contribution in [2.45, 2.75) is 28.4 Å². The van der Waals surface area contributed by atoms with Crippen molar-refractivity contribution in [2.24, 2.45) is 0 Å². The number of tetrazole rings is 1. The summed E-state index contributed by atoms with van der Waals surface area (Å²) in [5.41, 5.74) is 2.36. The van der Waals surface area contributed by atoms with Crippen LogP contribution in [0.15, 0.2) is 77.1 Å². The van der Waals surface area contributed by atoms with Crippen LogP contribution in [0.3, 0.4) is 0 Å². The lowest BCUT2D eigenvalue weighted by Gasteiger charge is -2.49. The zero-order valence-corrected chi connectivity index (χ0v) is 22.9. The topological polar surface area (TPSA) is 150 Å². The first-order valence-corrected chi connectivity index (χ1v) is 15.0. The van der Waals surface area contributed by atoms with Crippen LogP contribution in [-0.2, 0) is 25.7 Å². The maximum atomic E-state index is 13.4. The van der Waals surface area contributed by atoms with Gasteiger partial charge in [-0.1, -0.05) is 72.4 Å². The Kier molecular flexibility index (Phi) is 8.86. The number of hydrogen-bond donors (Lipinski definition) is 3. The van der Waals surface area contributed by atoms with Crippen LogP contribution in [0.2, 0.25) is 0 Å². The summed E-state index contributed by atoms with van der Waals surface area (Å²) in [6, 6.07) is 18.2. The Morgan fingerprint density at radius 3 is 2.62 bits per heavy atom. The highest BCUT2D eigenvalue weighted by atomic mass is 32.2. The molecular formula is C25H24N6O5S3. The SMILES string of the molecule is O=C(O)C1=C(CSc2nn[nH]n2)CSC2[C@H](NC(=O)C(SCOCc3ccccc3)c3ccccc3)C(=O)N12. The van der Waals surface area contributed by atoms with E-state index in [1.165, 1.54) is 40.2 Å². The third-order valence-electron chi connectivity index (χ3n) is 6.02. The number of carboxylic acids is 1. The highest BCUT2D eigenvalue weighted by Crippen LogP contribution is 2.42. The van der Waals surface area contributed by atoms with Crippen molar-refractivity contribution in [2.75, 3.05) is 17.4 Å². The Balaban J connectivity index is 1.23. The second-order valence-corrected chi connectivity index (χ2v) is 11.6. The van der Waals surface area contributed by atoms with Crippen LogP contribution in [0, 0.1) is 0 Å². The number of carbonyl (C=O) groups is 3. The van der Waals surface area contributed by atoms with E-state index in [4.69, 9.17) is 4.74 Å². The fourth-order valence-electron chi connectivity index (χ4n) is 4.19. The van der Waals surface area contributed by atoms with Gasteiger partial charge in [0.2, 0.25) is 11.1 Å². The maximum Gasteiger partial charge on any atom is 0.352 e. The van der Waals surface area contributed by atoms with E-state index in [0.29, 0.717) is 28.8 Å². The first-order chi connectivity index (χ1) is 19.0. The number of fused-ring (bicyclic) bond motifs is 1. The first-order valence-electron chi connectivity index (χ1n) is 11.9. The number of H-pyrrole nitrogens is 1. The third-order valence-corrected chi connectivity index (χ3v) is 9.40. The van der Waals surface area contributed by atoms with Gasteiger partial charge in [-0.15, -0.1) is 33.7 Å². The van der Waals surface area contributed by atoms with Crippen molar-refractivity contribution in [3.05, 3.63) is 83.1 Å². The first kappa shape index (κ1) is 27.2. The van der Waals surface area contributed by atoms with Gasteiger partial charge in [0.05, 0.1) is 12.5 Å². The third kappa shape index (κ3) is 6.30. The highest BCUT2D eigenvalue weighted by Gasteiger charge is 2.54. The molecule has 3 heterocycles. The predicted octanol–water partition coefficient (Wildman–Crippen LogP) is 2.68. The smallest absolute Gasteiger partial charge is 0.352 e. The minimum Gasteiger partial charge on any atom is -0.477 e. The van der Waals surface area contributed by atoms with Crippen molar-refractivity contribution in [1.29, 1.82) is 0 Å². The minimum absolute atomic E-state index is 0.0476. The van der Waals surface area contributed by atoms with E-state index in [1.807, 2.05) is 60.7 Å². The standard InChI is InChI=1S/C25H24N6O5S3/c32-21(20(16-9-5-2-6-10-16)39-14-36-11-15-7-3-1-4-8-15)26-18-22(33)31-19(24(34)35)17(12-37-23(18)31)13-38-25-27-29-30-28-25/h1-10,18,20,23H,11-14H2,(H,26,32)(H,34,35)(H,27,28,29,30)/t18-,20?,23?/m1/s1. The molecule has 202 valence electrons. The number of aromatic nitrogens is 4. The molecule has 0 radical (unpaired) electrons. The fraction of sp³-hybridized carbons (Fsp3) is 0.280. The van der Waals surface area contributed by atoms with E-state index in [0.717, 1.165) is 11.1 Å². The number of hydrogen-bond acceptors (Lipinski definition) is 10. The number of carbonyl (C=O) groups excluding carboxylic acids is 2. The minimum atomic E-state index is -1.18. The van der Waals surface area contributed by atoms with Crippen LogP contribution in [0.25, 0.3) is 0 Å². The number of amides is 2.